The Labute approximate surface area is 157 Å². The molecule has 3 N–H and O–H groups in total. The van der Waals surface area contributed by atoms with Gasteiger partial charge in [0.25, 0.3) is 5.91 Å². The summed E-state index contributed by atoms with van der Waals surface area (Å²) in [5.74, 6) is -0.418. The average Bonchev–Trinajstić information content (AvgIpc) is 2.84. The van der Waals surface area contributed by atoms with Crippen molar-refractivity contribution in [3.63, 3.8) is 0 Å². The normalized spacial score (nSPS) is 19.3. The minimum Gasteiger partial charge on any atom is -0.331 e. The molecule has 134 valence electrons. The molecular weight excluding hydrogens is 348 g/mol. The number of nitrogens with one attached hydrogen (secondary N) is 3. The van der Waals surface area contributed by atoms with Crippen LogP contribution in [0.15, 0.2) is 48.5 Å². The molecule has 2 aromatic rings. The highest BCUT2D eigenvalue weighted by molar-refractivity contribution is 7.80. The van der Waals surface area contributed by atoms with Crippen LogP contribution in [-0.4, -0.2) is 22.1 Å². The van der Waals surface area contributed by atoms with E-state index in [0.717, 1.165) is 21.8 Å². The number of carbonyl (C=O) groups is 2. The number of hydrogen-bond donors (Lipinski definition) is 3. The van der Waals surface area contributed by atoms with Crippen LogP contribution in [-0.2, 0) is 10.3 Å². The molecule has 0 aliphatic carbocycles. The Kier molecular flexibility index (Phi) is 4.65. The smallest absolute Gasteiger partial charge is 0.331 e. The van der Waals surface area contributed by atoms with Crippen LogP contribution < -0.4 is 16.1 Å². The van der Waals surface area contributed by atoms with E-state index in [4.69, 9.17) is 12.2 Å². The fraction of sp³-hybridized carbons (Fsp3) is 0.211. The van der Waals surface area contributed by atoms with Crippen LogP contribution in [0.2, 0.25) is 0 Å². The maximum Gasteiger partial charge on any atom is 0.344 e. The summed E-state index contributed by atoms with van der Waals surface area (Å²) in [6, 6.07) is 14.3. The number of hydrogen-bond acceptors (Lipinski definition) is 3. The lowest BCUT2D eigenvalue weighted by Crippen LogP contribution is -2.49. The van der Waals surface area contributed by atoms with Crippen molar-refractivity contribution in [3.05, 3.63) is 65.2 Å². The zero-order chi connectivity index (χ0) is 18.9. The first-order valence-electron chi connectivity index (χ1n) is 8.19. The second kappa shape index (κ2) is 6.76. The van der Waals surface area contributed by atoms with Crippen LogP contribution >= 0.6 is 12.2 Å². The highest BCUT2D eigenvalue weighted by Crippen LogP contribution is 2.27. The van der Waals surface area contributed by atoms with Crippen LogP contribution in [0.25, 0.3) is 0 Å². The van der Waals surface area contributed by atoms with E-state index < -0.39 is 17.5 Å². The fourth-order valence-corrected chi connectivity index (χ4v) is 3.05. The van der Waals surface area contributed by atoms with Gasteiger partial charge in [-0.25, -0.2) is 4.79 Å². The molecule has 0 radical (unpaired) electrons. The Morgan fingerprint density at radius 2 is 1.77 bits per heavy atom. The third kappa shape index (κ3) is 3.13. The number of amides is 3. The summed E-state index contributed by atoms with van der Waals surface area (Å²) >= 11 is 5.28. The van der Waals surface area contributed by atoms with Crippen molar-refractivity contribution in [2.75, 3.05) is 5.32 Å². The standard InChI is InChI=1S/C19H20N4O2S/c1-12-8-7-11-15(13(12)2)20-17(26)22-23-16(24)19(3,21-18(23)25)14-9-5-4-6-10-14/h4-11H,1-3H3,(H,21,25)(H2,20,22,26)/t19-/m1/s1. The van der Waals surface area contributed by atoms with Crippen molar-refractivity contribution in [1.29, 1.82) is 0 Å². The molecule has 0 bridgehead atoms. The van der Waals surface area contributed by atoms with Gasteiger partial charge in [0.05, 0.1) is 0 Å². The Morgan fingerprint density at radius 1 is 1.08 bits per heavy atom. The number of hydrazine groups is 1. The number of nitrogens with zero attached hydrogens (tertiary/aromatic N) is 1. The van der Waals surface area contributed by atoms with Gasteiger partial charge >= 0.3 is 6.03 Å². The Balaban J connectivity index is 1.76. The van der Waals surface area contributed by atoms with Gasteiger partial charge in [0, 0.05) is 5.69 Å². The Hall–Kier alpha value is -2.93. The Bertz CT molecular complexity index is 884. The molecular formula is C19H20N4O2S. The molecule has 0 saturated carbocycles. The van der Waals surface area contributed by atoms with Crippen molar-refractivity contribution in [3.8, 4) is 0 Å². The first-order valence-corrected chi connectivity index (χ1v) is 8.60. The number of benzene rings is 2. The molecule has 3 rings (SSSR count). The largest absolute Gasteiger partial charge is 0.344 e. The monoisotopic (exact) mass is 368 g/mol. The van der Waals surface area contributed by atoms with Crippen molar-refractivity contribution in [2.45, 2.75) is 26.3 Å². The highest BCUT2D eigenvalue weighted by Gasteiger charge is 2.49. The summed E-state index contributed by atoms with van der Waals surface area (Å²) in [5.41, 5.74) is 5.24. The molecule has 1 heterocycles. The van der Waals surface area contributed by atoms with Gasteiger partial charge in [0.1, 0.15) is 5.54 Å². The first-order chi connectivity index (χ1) is 12.3. The van der Waals surface area contributed by atoms with Crippen molar-refractivity contribution < 1.29 is 9.59 Å². The van der Waals surface area contributed by atoms with E-state index in [-0.39, 0.29) is 5.11 Å². The lowest BCUT2D eigenvalue weighted by atomic mass is 9.92. The van der Waals surface area contributed by atoms with E-state index in [1.807, 2.05) is 50.2 Å². The van der Waals surface area contributed by atoms with Gasteiger partial charge < -0.3 is 10.6 Å². The maximum atomic E-state index is 12.8. The highest BCUT2D eigenvalue weighted by atomic mass is 32.1. The van der Waals surface area contributed by atoms with Gasteiger partial charge in [-0.1, -0.05) is 42.5 Å². The van der Waals surface area contributed by atoms with Gasteiger partial charge in [0.2, 0.25) is 0 Å². The van der Waals surface area contributed by atoms with Gasteiger partial charge in [-0.05, 0) is 55.7 Å². The third-order valence-electron chi connectivity index (χ3n) is 4.61. The van der Waals surface area contributed by atoms with E-state index in [0.29, 0.717) is 5.56 Å². The summed E-state index contributed by atoms with van der Waals surface area (Å²) in [4.78, 5) is 25.2. The molecule has 1 aliphatic rings. The van der Waals surface area contributed by atoms with E-state index in [1.54, 1.807) is 19.1 Å². The number of aryl methyl sites for hydroxylation is 1. The van der Waals surface area contributed by atoms with Gasteiger partial charge in [-0.2, -0.15) is 5.01 Å². The van der Waals surface area contributed by atoms with Crippen LogP contribution in [0.3, 0.4) is 0 Å². The van der Waals surface area contributed by atoms with E-state index in [9.17, 15) is 9.59 Å². The zero-order valence-electron chi connectivity index (χ0n) is 14.8. The second-order valence-corrected chi connectivity index (χ2v) is 6.78. The summed E-state index contributed by atoms with van der Waals surface area (Å²) in [7, 11) is 0. The van der Waals surface area contributed by atoms with Gasteiger partial charge in [0.15, 0.2) is 5.11 Å². The number of carbonyl (C=O) groups excluding carboxylic acids is 2. The molecule has 26 heavy (non-hydrogen) atoms. The zero-order valence-corrected chi connectivity index (χ0v) is 15.6. The molecule has 7 heteroatoms. The summed E-state index contributed by atoms with van der Waals surface area (Å²) < 4.78 is 0. The molecule has 6 nitrogen and oxygen atoms in total. The number of urea groups is 1. The second-order valence-electron chi connectivity index (χ2n) is 6.38. The van der Waals surface area contributed by atoms with Crippen molar-refractivity contribution in [1.82, 2.24) is 15.8 Å². The molecule has 1 atom stereocenters. The summed E-state index contributed by atoms with van der Waals surface area (Å²) in [6.45, 7) is 5.64. The van der Waals surface area contributed by atoms with Crippen LogP contribution in [0.4, 0.5) is 10.5 Å². The molecule has 3 amide bonds. The van der Waals surface area contributed by atoms with E-state index >= 15 is 0 Å². The SMILES string of the molecule is Cc1cccc(NC(=S)NN2C(=O)N[C@](C)(c3ccccc3)C2=O)c1C. The number of imide groups is 1. The lowest BCUT2D eigenvalue weighted by molar-refractivity contribution is -0.132. The van der Waals surface area contributed by atoms with Crippen LogP contribution in [0, 0.1) is 13.8 Å². The predicted octanol–water partition coefficient (Wildman–Crippen LogP) is 2.97. The first kappa shape index (κ1) is 17.9. The quantitative estimate of drug-likeness (QED) is 0.574. The molecule has 0 unspecified atom stereocenters. The lowest BCUT2D eigenvalue weighted by Gasteiger charge is -2.22. The minimum absolute atomic E-state index is 0.166. The Morgan fingerprint density at radius 3 is 2.46 bits per heavy atom. The third-order valence-corrected chi connectivity index (χ3v) is 4.80. The average molecular weight is 368 g/mol. The number of anilines is 1. The summed E-state index contributed by atoms with van der Waals surface area (Å²) in [5, 5.41) is 6.83. The van der Waals surface area contributed by atoms with E-state index in [1.165, 1.54) is 0 Å². The topological polar surface area (TPSA) is 73.5 Å². The fourth-order valence-electron chi connectivity index (χ4n) is 2.85. The molecule has 2 aromatic carbocycles. The van der Waals surface area contributed by atoms with Gasteiger partial charge in [-0.15, -0.1) is 0 Å². The maximum absolute atomic E-state index is 12.8. The molecule has 1 fully saturated rings. The molecule has 0 spiro atoms. The minimum atomic E-state index is -1.14. The van der Waals surface area contributed by atoms with Crippen molar-refractivity contribution >= 4 is 35.0 Å². The number of rotatable bonds is 3. The van der Waals surface area contributed by atoms with Crippen molar-refractivity contribution in [2.24, 2.45) is 0 Å². The van der Waals surface area contributed by atoms with Gasteiger partial charge in [-0.3, -0.25) is 10.2 Å². The number of thiocarbonyl (C=S) groups is 1. The summed E-state index contributed by atoms with van der Waals surface area (Å²) in [6.07, 6.45) is 0. The molecule has 0 aromatic heterocycles. The van der Waals surface area contributed by atoms with Crippen LogP contribution in [0.1, 0.15) is 23.6 Å². The van der Waals surface area contributed by atoms with Crippen LogP contribution in [0.5, 0.6) is 0 Å². The molecule has 1 aliphatic heterocycles. The predicted molar refractivity (Wildman–Crippen MR) is 104 cm³/mol. The molecule has 1 saturated heterocycles. The van der Waals surface area contributed by atoms with E-state index in [2.05, 4.69) is 16.1 Å².